The van der Waals surface area contributed by atoms with Gasteiger partial charge in [0.05, 0.1) is 7.11 Å². The summed E-state index contributed by atoms with van der Waals surface area (Å²) in [6, 6.07) is 15.9. The summed E-state index contributed by atoms with van der Waals surface area (Å²) >= 11 is 0. The molecule has 1 unspecified atom stereocenters. The summed E-state index contributed by atoms with van der Waals surface area (Å²) in [5.41, 5.74) is 2.17. The molecular formula is C20H26IN3O2. The number of rotatable bonds is 4. The second-order valence-electron chi connectivity index (χ2n) is 6.24. The van der Waals surface area contributed by atoms with Crippen LogP contribution in [-0.4, -0.2) is 43.2 Å². The Kier molecular flexibility index (Phi) is 7.56. The van der Waals surface area contributed by atoms with Crippen LogP contribution in [0.3, 0.4) is 0 Å². The molecule has 0 bridgehead atoms. The molecule has 5 nitrogen and oxygen atoms in total. The average molecular weight is 467 g/mol. The Morgan fingerprint density at radius 2 is 2.04 bits per heavy atom. The first kappa shape index (κ1) is 20.4. The molecule has 0 amide bonds. The number of halogens is 1. The molecule has 140 valence electrons. The Labute approximate surface area is 172 Å². The molecule has 0 saturated carbocycles. The van der Waals surface area contributed by atoms with E-state index in [9.17, 15) is 5.11 Å². The summed E-state index contributed by atoms with van der Waals surface area (Å²) in [4.78, 5) is 6.68. The largest absolute Gasteiger partial charge is 0.508 e. The molecule has 1 aliphatic heterocycles. The molecule has 0 aromatic heterocycles. The molecule has 1 heterocycles. The van der Waals surface area contributed by atoms with Crippen LogP contribution in [0.2, 0.25) is 0 Å². The van der Waals surface area contributed by atoms with Gasteiger partial charge in [0, 0.05) is 38.2 Å². The van der Waals surface area contributed by atoms with Gasteiger partial charge in [0.25, 0.3) is 0 Å². The highest BCUT2D eigenvalue weighted by Gasteiger charge is 2.25. The first-order valence-corrected chi connectivity index (χ1v) is 8.57. The number of hydrogen-bond acceptors (Lipinski definition) is 3. The van der Waals surface area contributed by atoms with Crippen molar-refractivity contribution >= 4 is 29.9 Å². The van der Waals surface area contributed by atoms with E-state index >= 15 is 0 Å². The molecule has 0 spiro atoms. The van der Waals surface area contributed by atoms with Crippen LogP contribution in [-0.2, 0) is 6.54 Å². The second-order valence-corrected chi connectivity index (χ2v) is 6.24. The number of benzene rings is 2. The highest BCUT2D eigenvalue weighted by Crippen LogP contribution is 2.27. The zero-order valence-corrected chi connectivity index (χ0v) is 17.5. The van der Waals surface area contributed by atoms with E-state index in [4.69, 9.17) is 4.74 Å². The lowest BCUT2D eigenvalue weighted by Gasteiger charge is -2.22. The van der Waals surface area contributed by atoms with Gasteiger partial charge < -0.3 is 20.1 Å². The van der Waals surface area contributed by atoms with Crippen LogP contribution in [0.5, 0.6) is 11.5 Å². The van der Waals surface area contributed by atoms with Crippen molar-refractivity contribution in [3.63, 3.8) is 0 Å². The Morgan fingerprint density at radius 1 is 1.27 bits per heavy atom. The average Bonchev–Trinajstić information content (AvgIpc) is 3.14. The molecule has 6 heteroatoms. The summed E-state index contributed by atoms with van der Waals surface area (Å²) in [5, 5.41) is 13.4. The van der Waals surface area contributed by atoms with Gasteiger partial charge in [0.1, 0.15) is 11.5 Å². The molecular weight excluding hydrogens is 441 g/mol. The van der Waals surface area contributed by atoms with Crippen molar-refractivity contribution in [2.75, 3.05) is 27.2 Å². The standard InChI is InChI=1S/C20H25N3O2.HI/c1-21-20(22-13-17-12-18(25-2)8-9-19(17)24)23-11-10-16(14-23)15-6-4-3-5-7-15;/h3-9,12,16,24H,10-11,13-14H2,1-2H3,(H,21,22);1H. The van der Waals surface area contributed by atoms with Crippen LogP contribution >= 0.6 is 24.0 Å². The molecule has 2 N–H and O–H groups in total. The van der Waals surface area contributed by atoms with Gasteiger partial charge in [0.15, 0.2) is 5.96 Å². The van der Waals surface area contributed by atoms with E-state index in [1.807, 2.05) is 6.07 Å². The van der Waals surface area contributed by atoms with Gasteiger partial charge in [0.2, 0.25) is 0 Å². The zero-order chi connectivity index (χ0) is 17.6. The van der Waals surface area contributed by atoms with Crippen molar-refractivity contribution in [2.45, 2.75) is 18.9 Å². The molecule has 1 atom stereocenters. The summed E-state index contributed by atoms with van der Waals surface area (Å²) in [6.07, 6.45) is 1.12. The number of methoxy groups -OCH3 is 1. The second kappa shape index (κ2) is 9.66. The highest BCUT2D eigenvalue weighted by molar-refractivity contribution is 14.0. The highest BCUT2D eigenvalue weighted by atomic mass is 127. The first-order valence-electron chi connectivity index (χ1n) is 8.57. The number of hydrogen-bond donors (Lipinski definition) is 2. The van der Waals surface area contributed by atoms with E-state index in [1.54, 1.807) is 26.3 Å². The van der Waals surface area contributed by atoms with Crippen LogP contribution in [0, 0.1) is 0 Å². The van der Waals surface area contributed by atoms with Crippen molar-refractivity contribution in [1.82, 2.24) is 10.2 Å². The van der Waals surface area contributed by atoms with Crippen molar-refractivity contribution in [1.29, 1.82) is 0 Å². The SMILES string of the molecule is CN=C(NCc1cc(OC)ccc1O)N1CCC(c2ccccc2)C1.I. The van der Waals surface area contributed by atoms with E-state index in [1.165, 1.54) is 5.56 Å². The molecule has 2 aromatic carbocycles. The number of aliphatic imine (C=N–C) groups is 1. The minimum atomic E-state index is 0. The van der Waals surface area contributed by atoms with Crippen molar-refractivity contribution < 1.29 is 9.84 Å². The van der Waals surface area contributed by atoms with Crippen LogP contribution in [0.1, 0.15) is 23.5 Å². The van der Waals surface area contributed by atoms with Crippen molar-refractivity contribution in [3.8, 4) is 11.5 Å². The fourth-order valence-electron chi connectivity index (χ4n) is 3.29. The lowest BCUT2D eigenvalue weighted by Crippen LogP contribution is -2.39. The third-order valence-electron chi connectivity index (χ3n) is 4.69. The minimum Gasteiger partial charge on any atom is -0.508 e. The molecule has 26 heavy (non-hydrogen) atoms. The van der Waals surface area contributed by atoms with E-state index in [2.05, 4.69) is 45.5 Å². The van der Waals surface area contributed by atoms with Crippen LogP contribution in [0.4, 0.5) is 0 Å². The maximum atomic E-state index is 10.0. The lowest BCUT2D eigenvalue weighted by molar-refractivity contribution is 0.410. The number of aromatic hydroxyl groups is 1. The normalized spacial score (nSPS) is 16.9. The van der Waals surface area contributed by atoms with Crippen LogP contribution in [0.25, 0.3) is 0 Å². The fraction of sp³-hybridized carbons (Fsp3) is 0.350. The maximum absolute atomic E-state index is 10.0. The fourth-order valence-corrected chi connectivity index (χ4v) is 3.29. The molecule has 1 fully saturated rings. The lowest BCUT2D eigenvalue weighted by atomic mass is 9.99. The first-order chi connectivity index (χ1) is 12.2. The smallest absolute Gasteiger partial charge is 0.193 e. The summed E-state index contributed by atoms with van der Waals surface area (Å²) < 4.78 is 5.23. The maximum Gasteiger partial charge on any atom is 0.193 e. The van der Waals surface area contributed by atoms with E-state index in [-0.39, 0.29) is 29.7 Å². The summed E-state index contributed by atoms with van der Waals surface area (Å²) in [7, 11) is 3.42. The molecule has 1 aliphatic rings. The van der Waals surface area contributed by atoms with E-state index in [0.29, 0.717) is 12.5 Å². The van der Waals surface area contributed by atoms with Gasteiger partial charge in [-0.15, -0.1) is 24.0 Å². The summed E-state index contributed by atoms with van der Waals surface area (Å²) in [6.45, 7) is 2.43. The number of phenols is 1. The topological polar surface area (TPSA) is 57.1 Å². The van der Waals surface area contributed by atoms with E-state index in [0.717, 1.165) is 36.8 Å². The predicted octanol–water partition coefficient (Wildman–Crippen LogP) is 3.58. The Hall–Kier alpha value is -1.96. The third-order valence-corrected chi connectivity index (χ3v) is 4.69. The van der Waals surface area contributed by atoms with Crippen molar-refractivity contribution in [3.05, 3.63) is 59.7 Å². The molecule has 1 saturated heterocycles. The molecule has 0 radical (unpaired) electrons. The quantitative estimate of drug-likeness (QED) is 0.410. The van der Waals surface area contributed by atoms with Gasteiger partial charge in [-0.2, -0.15) is 0 Å². The van der Waals surface area contributed by atoms with E-state index < -0.39 is 0 Å². The zero-order valence-electron chi connectivity index (χ0n) is 15.2. The minimum absolute atomic E-state index is 0. The Morgan fingerprint density at radius 3 is 2.73 bits per heavy atom. The Balaban J connectivity index is 0.00000243. The Bertz CT molecular complexity index is 737. The molecule has 2 aromatic rings. The number of nitrogens with one attached hydrogen (secondary N) is 1. The number of guanidine groups is 1. The van der Waals surface area contributed by atoms with Crippen LogP contribution < -0.4 is 10.1 Å². The summed E-state index contributed by atoms with van der Waals surface area (Å²) in [5.74, 6) is 2.38. The van der Waals surface area contributed by atoms with Gasteiger partial charge in [-0.1, -0.05) is 30.3 Å². The molecule has 0 aliphatic carbocycles. The van der Waals surface area contributed by atoms with Gasteiger partial charge in [-0.3, -0.25) is 4.99 Å². The third kappa shape index (κ3) is 4.81. The number of phenolic OH excluding ortho intramolecular Hbond substituents is 1. The van der Waals surface area contributed by atoms with Crippen LogP contribution in [0.15, 0.2) is 53.5 Å². The van der Waals surface area contributed by atoms with Gasteiger partial charge in [-0.05, 0) is 30.2 Å². The molecule has 3 rings (SSSR count). The predicted molar refractivity (Wildman–Crippen MR) is 116 cm³/mol. The monoisotopic (exact) mass is 467 g/mol. The number of nitrogens with zero attached hydrogens (tertiary/aromatic N) is 2. The van der Waals surface area contributed by atoms with Crippen molar-refractivity contribution in [2.24, 2.45) is 4.99 Å². The van der Waals surface area contributed by atoms with Gasteiger partial charge >= 0.3 is 0 Å². The number of likely N-dealkylation sites (tertiary alicyclic amines) is 1. The number of ether oxygens (including phenoxy) is 1. The van der Waals surface area contributed by atoms with Gasteiger partial charge in [-0.25, -0.2) is 0 Å².